The predicted octanol–water partition coefficient (Wildman–Crippen LogP) is 2.80. The Morgan fingerprint density at radius 3 is 2.87 bits per heavy atom. The Balaban J connectivity index is 2.02. The lowest BCUT2D eigenvalue weighted by Crippen LogP contribution is -2.18. The number of hydrogen-bond donors (Lipinski definition) is 0. The van der Waals surface area contributed by atoms with Gasteiger partial charge in [-0.05, 0) is 38.0 Å². The van der Waals surface area contributed by atoms with E-state index < -0.39 is 0 Å². The predicted molar refractivity (Wildman–Crippen MR) is 92.9 cm³/mol. The third kappa shape index (κ3) is 3.75. The van der Waals surface area contributed by atoms with E-state index in [1.807, 2.05) is 25.4 Å². The highest BCUT2D eigenvalue weighted by atomic mass is 32.2. The maximum absolute atomic E-state index is 11.9. The van der Waals surface area contributed by atoms with E-state index in [2.05, 4.69) is 9.97 Å². The molecule has 6 heteroatoms. The molecule has 0 aromatic carbocycles. The van der Waals surface area contributed by atoms with Crippen molar-refractivity contribution < 1.29 is 4.74 Å². The van der Waals surface area contributed by atoms with E-state index in [-0.39, 0.29) is 5.56 Å². The minimum absolute atomic E-state index is 0.00703. The molecule has 5 nitrogen and oxygen atoms in total. The van der Waals surface area contributed by atoms with Gasteiger partial charge in [0.05, 0.1) is 18.6 Å². The van der Waals surface area contributed by atoms with Crippen LogP contribution in [0.1, 0.15) is 24.2 Å². The zero-order chi connectivity index (χ0) is 16.4. The molecule has 1 aliphatic rings. The largest absolute Gasteiger partial charge is 0.489 e. The highest BCUT2D eigenvalue weighted by molar-refractivity contribution is 7.97. The molecule has 0 bridgehead atoms. The molecule has 0 saturated heterocycles. The molecule has 2 aromatic heterocycles. The zero-order valence-electron chi connectivity index (χ0n) is 13.7. The van der Waals surface area contributed by atoms with Gasteiger partial charge >= 0.3 is 0 Å². The average Bonchev–Trinajstić information content (AvgIpc) is 3.35. The van der Waals surface area contributed by atoms with Crippen molar-refractivity contribution >= 4 is 11.8 Å². The lowest BCUT2D eigenvalue weighted by atomic mass is 10.1. The van der Waals surface area contributed by atoms with Gasteiger partial charge in [0, 0.05) is 24.4 Å². The fraction of sp³-hybridized carbons (Fsp3) is 0.471. The Morgan fingerprint density at radius 2 is 2.22 bits per heavy atom. The summed E-state index contributed by atoms with van der Waals surface area (Å²) in [6.45, 7) is 2.53. The summed E-state index contributed by atoms with van der Waals surface area (Å²) in [5, 5.41) is 0. The Hall–Kier alpha value is -1.82. The van der Waals surface area contributed by atoms with Crippen molar-refractivity contribution in [2.75, 3.05) is 12.9 Å². The monoisotopic (exact) mass is 331 g/mol. The van der Waals surface area contributed by atoms with Gasteiger partial charge in [-0.1, -0.05) is 0 Å². The topological polar surface area (TPSA) is 57.0 Å². The standard InChI is InChI=1S/C17H21N3O2S/c1-11-6-13(8-20(2)17(11)21)16-14(22-9-12-4-5-12)7-18-15(19-16)10-23-3/h6-8,12H,4-5,9-10H2,1-3H3. The molecule has 0 spiro atoms. The van der Waals surface area contributed by atoms with E-state index in [4.69, 9.17) is 4.74 Å². The summed E-state index contributed by atoms with van der Waals surface area (Å²) in [5.41, 5.74) is 2.36. The molecule has 0 unspecified atom stereocenters. The number of ether oxygens (including phenoxy) is 1. The Labute approximate surface area is 140 Å². The molecular formula is C17H21N3O2S. The molecule has 2 heterocycles. The van der Waals surface area contributed by atoms with Gasteiger partial charge in [-0.25, -0.2) is 9.97 Å². The first kappa shape index (κ1) is 16.1. The van der Waals surface area contributed by atoms with Gasteiger partial charge in [-0.2, -0.15) is 11.8 Å². The maximum Gasteiger partial charge on any atom is 0.253 e. The summed E-state index contributed by atoms with van der Waals surface area (Å²) in [5.74, 6) is 2.88. The summed E-state index contributed by atoms with van der Waals surface area (Å²) in [6, 6.07) is 1.87. The van der Waals surface area contributed by atoms with E-state index >= 15 is 0 Å². The molecule has 0 amide bonds. The molecule has 0 atom stereocenters. The second-order valence-electron chi connectivity index (χ2n) is 6.01. The van der Waals surface area contributed by atoms with E-state index in [0.29, 0.717) is 23.8 Å². The Kier molecular flexibility index (Phi) is 4.71. The molecule has 2 aromatic rings. The molecule has 0 N–H and O–H groups in total. The van der Waals surface area contributed by atoms with Crippen LogP contribution in [0.15, 0.2) is 23.3 Å². The van der Waals surface area contributed by atoms with Crippen LogP contribution < -0.4 is 10.3 Å². The zero-order valence-corrected chi connectivity index (χ0v) is 14.5. The minimum atomic E-state index is 0.00703. The van der Waals surface area contributed by atoms with Crippen molar-refractivity contribution in [3.8, 4) is 17.0 Å². The molecule has 1 fully saturated rings. The molecule has 23 heavy (non-hydrogen) atoms. The second kappa shape index (κ2) is 6.74. The molecule has 0 radical (unpaired) electrons. The fourth-order valence-corrected chi connectivity index (χ4v) is 2.81. The maximum atomic E-state index is 11.9. The third-order valence-corrected chi connectivity index (χ3v) is 4.43. The fourth-order valence-electron chi connectivity index (χ4n) is 2.42. The first-order valence-electron chi connectivity index (χ1n) is 7.73. The molecule has 1 aliphatic carbocycles. The Morgan fingerprint density at radius 1 is 1.43 bits per heavy atom. The van der Waals surface area contributed by atoms with Crippen molar-refractivity contribution in [1.82, 2.24) is 14.5 Å². The van der Waals surface area contributed by atoms with Crippen LogP contribution in [0.5, 0.6) is 5.75 Å². The smallest absolute Gasteiger partial charge is 0.253 e. The van der Waals surface area contributed by atoms with Crippen LogP contribution in [0.4, 0.5) is 0 Å². The minimum Gasteiger partial charge on any atom is -0.489 e. The van der Waals surface area contributed by atoms with Crippen LogP contribution in [-0.2, 0) is 12.8 Å². The molecular weight excluding hydrogens is 310 g/mol. The van der Waals surface area contributed by atoms with Crippen LogP contribution in [-0.4, -0.2) is 27.4 Å². The second-order valence-corrected chi connectivity index (χ2v) is 6.88. The van der Waals surface area contributed by atoms with Crippen LogP contribution in [0.25, 0.3) is 11.3 Å². The van der Waals surface area contributed by atoms with Crippen molar-refractivity contribution in [3.63, 3.8) is 0 Å². The van der Waals surface area contributed by atoms with E-state index in [0.717, 1.165) is 22.8 Å². The van der Waals surface area contributed by atoms with Gasteiger partial charge in [0.25, 0.3) is 5.56 Å². The van der Waals surface area contributed by atoms with Crippen LogP contribution in [0.2, 0.25) is 0 Å². The normalized spacial score (nSPS) is 14.0. The van der Waals surface area contributed by atoms with Gasteiger partial charge in [0.2, 0.25) is 0 Å². The number of hydrogen-bond acceptors (Lipinski definition) is 5. The SMILES string of the molecule is CSCc1ncc(OCC2CC2)c(-c2cc(C)c(=O)n(C)c2)n1. The van der Waals surface area contributed by atoms with E-state index in [1.54, 1.807) is 29.6 Å². The third-order valence-electron chi connectivity index (χ3n) is 3.89. The van der Waals surface area contributed by atoms with Crippen molar-refractivity contribution in [1.29, 1.82) is 0 Å². The Bertz CT molecular complexity index is 743. The van der Waals surface area contributed by atoms with Crippen molar-refractivity contribution in [2.45, 2.75) is 25.5 Å². The number of aromatic nitrogens is 3. The lowest BCUT2D eigenvalue weighted by molar-refractivity contribution is 0.298. The quantitative estimate of drug-likeness (QED) is 0.815. The van der Waals surface area contributed by atoms with Gasteiger partial charge in [-0.3, -0.25) is 4.79 Å². The van der Waals surface area contributed by atoms with Gasteiger partial charge < -0.3 is 9.30 Å². The van der Waals surface area contributed by atoms with Gasteiger partial charge in [0.15, 0.2) is 5.75 Å². The summed E-state index contributed by atoms with van der Waals surface area (Å²) >= 11 is 1.68. The molecule has 122 valence electrons. The number of nitrogens with zero attached hydrogens (tertiary/aromatic N) is 3. The van der Waals surface area contributed by atoms with Gasteiger partial charge in [-0.15, -0.1) is 0 Å². The summed E-state index contributed by atoms with van der Waals surface area (Å²) in [4.78, 5) is 21.0. The molecule has 0 aliphatic heterocycles. The van der Waals surface area contributed by atoms with Crippen LogP contribution in [0, 0.1) is 12.8 Å². The molecule has 3 rings (SSSR count). The van der Waals surface area contributed by atoms with E-state index in [9.17, 15) is 4.79 Å². The van der Waals surface area contributed by atoms with Gasteiger partial charge in [0.1, 0.15) is 11.5 Å². The first-order chi connectivity index (χ1) is 11.1. The number of thioether (sulfide) groups is 1. The number of aryl methyl sites for hydroxylation is 2. The van der Waals surface area contributed by atoms with Crippen LogP contribution >= 0.6 is 11.8 Å². The number of rotatable bonds is 6. The highest BCUT2D eigenvalue weighted by Crippen LogP contribution is 2.32. The van der Waals surface area contributed by atoms with Crippen LogP contribution in [0.3, 0.4) is 0 Å². The molecule has 1 saturated carbocycles. The number of pyridine rings is 1. The van der Waals surface area contributed by atoms with Crippen molar-refractivity contribution in [2.24, 2.45) is 13.0 Å². The average molecular weight is 331 g/mol. The lowest BCUT2D eigenvalue weighted by Gasteiger charge is -2.13. The summed E-state index contributed by atoms with van der Waals surface area (Å²) in [6.07, 6.45) is 8.07. The summed E-state index contributed by atoms with van der Waals surface area (Å²) in [7, 11) is 1.76. The first-order valence-corrected chi connectivity index (χ1v) is 9.13. The van der Waals surface area contributed by atoms with E-state index in [1.165, 1.54) is 12.8 Å². The summed E-state index contributed by atoms with van der Waals surface area (Å²) < 4.78 is 7.53. The highest BCUT2D eigenvalue weighted by Gasteiger charge is 2.23. The van der Waals surface area contributed by atoms with Crippen molar-refractivity contribution in [3.05, 3.63) is 40.2 Å².